The zero-order valence-corrected chi connectivity index (χ0v) is 23.2. The number of hydrogen-bond donors (Lipinski definition) is 0. The van der Waals surface area contributed by atoms with Crippen LogP contribution in [-0.2, 0) is 19.5 Å². The highest BCUT2D eigenvalue weighted by Crippen LogP contribution is 2.14. The minimum Gasteiger partial charge on any atom is -0.235 e. The minimum absolute atomic E-state index is 1.11. The van der Waals surface area contributed by atoms with Gasteiger partial charge in [0.25, 0.3) is 5.82 Å². The first kappa shape index (κ1) is 30.2. The molecule has 0 fully saturated rings. The summed E-state index contributed by atoms with van der Waals surface area (Å²) in [6.45, 7) is 9.21. The molecular formula is C31H61N2+. The first-order valence-electron chi connectivity index (χ1n) is 15.4. The summed E-state index contributed by atoms with van der Waals surface area (Å²) in [5.74, 6) is 1.56. The van der Waals surface area contributed by atoms with Gasteiger partial charge in [-0.2, -0.15) is 0 Å². The molecule has 33 heavy (non-hydrogen) atoms. The van der Waals surface area contributed by atoms with Gasteiger partial charge < -0.3 is 0 Å². The highest BCUT2D eigenvalue weighted by molar-refractivity contribution is 4.83. The molecule has 0 spiro atoms. The van der Waals surface area contributed by atoms with E-state index in [0.29, 0.717) is 0 Å². The molecule has 0 unspecified atom stereocenters. The Kier molecular flexibility index (Phi) is 21.1. The van der Waals surface area contributed by atoms with Crippen molar-refractivity contribution in [2.24, 2.45) is 0 Å². The summed E-state index contributed by atoms with van der Waals surface area (Å²) in [5, 5.41) is 0. The number of aryl methyl sites for hydroxylation is 2. The molecule has 0 saturated heterocycles. The molecule has 2 heteroatoms. The first-order chi connectivity index (χ1) is 16.3. The van der Waals surface area contributed by atoms with Crippen molar-refractivity contribution in [3.8, 4) is 0 Å². The SMILES string of the molecule is CCCCCCCCCCCCCCCCCCC[n+]1ccn(CC)c1CCCCCCC. The van der Waals surface area contributed by atoms with E-state index in [4.69, 9.17) is 0 Å². The summed E-state index contributed by atoms with van der Waals surface area (Å²) in [6.07, 6.45) is 37.4. The van der Waals surface area contributed by atoms with E-state index in [1.165, 1.54) is 154 Å². The predicted molar refractivity (Wildman–Crippen MR) is 147 cm³/mol. The minimum atomic E-state index is 1.11. The van der Waals surface area contributed by atoms with E-state index < -0.39 is 0 Å². The van der Waals surface area contributed by atoms with Crippen molar-refractivity contribution < 1.29 is 4.57 Å². The van der Waals surface area contributed by atoms with Crippen LogP contribution in [0.5, 0.6) is 0 Å². The normalized spacial score (nSPS) is 11.5. The Morgan fingerprint density at radius 2 is 0.909 bits per heavy atom. The fraction of sp³-hybridized carbons (Fsp3) is 0.903. The van der Waals surface area contributed by atoms with Crippen molar-refractivity contribution in [3.63, 3.8) is 0 Å². The largest absolute Gasteiger partial charge is 0.256 e. The van der Waals surface area contributed by atoms with Crippen molar-refractivity contribution in [1.82, 2.24) is 4.57 Å². The Hall–Kier alpha value is -0.790. The highest BCUT2D eigenvalue weighted by atomic mass is 15.1. The number of rotatable bonds is 25. The molecule has 0 aliphatic rings. The predicted octanol–water partition coefficient (Wildman–Crippen LogP) is 9.96. The van der Waals surface area contributed by atoms with Gasteiger partial charge in [0.2, 0.25) is 0 Å². The van der Waals surface area contributed by atoms with Crippen molar-refractivity contribution in [3.05, 3.63) is 18.2 Å². The van der Waals surface area contributed by atoms with Crippen LogP contribution in [-0.4, -0.2) is 4.57 Å². The maximum Gasteiger partial charge on any atom is 0.256 e. The Balaban J connectivity index is 1.95. The number of hydrogen-bond acceptors (Lipinski definition) is 0. The van der Waals surface area contributed by atoms with Crippen LogP contribution in [0.4, 0.5) is 0 Å². The molecule has 1 aromatic heterocycles. The number of nitrogens with zero attached hydrogens (tertiary/aromatic N) is 2. The van der Waals surface area contributed by atoms with Crippen molar-refractivity contribution in [2.45, 2.75) is 182 Å². The van der Waals surface area contributed by atoms with E-state index in [1.807, 2.05) is 0 Å². The van der Waals surface area contributed by atoms with Gasteiger partial charge in [0.1, 0.15) is 12.4 Å². The van der Waals surface area contributed by atoms with E-state index >= 15 is 0 Å². The fourth-order valence-corrected chi connectivity index (χ4v) is 5.17. The van der Waals surface area contributed by atoms with Crippen molar-refractivity contribution in [1.29, 1.82) is 0 Å². The lowest BCUT2D eigenvalue weighted by Crippen LogP contribution is -2.37. The molecule has 1 rings (SSSR count). The van der Waals surface area contributed by atoms with Crippen LogP contribution in [0, 0.1) is 0 Å². The Bertz CT molecular complexity index is 519. The van der Waals surface area contributed by atoms with Gasteiger partial charge in [0, 0.05) is 6.42 Å². The van der Waals surface area contributed by atoms with Gasteiger partial charge >= 0.3 is 0 Å². The zero-order valence-electron chi connectivity index (χ0n) is 23.2. The summed E-state index contributed by atoms with van der Waals surface area (Å²) in [5.41, 5.74) is 0. The van der Waals surface area contributed by atoms with Crippen LogP contribution in [0.1, 0.15) is 168 Å². The lowest BCUT2D eigenvalue weighted by Gasteiger charge is -2.05. The third kappa shape index (κ3) is 16.5. The van der Waals surface area contributed by atoms with Crippen molar-refractivity contribution in [2.75, 3.05) is 0 Å². The summed E-state index contributed by atoms with van der Waals surface area (Å²) >= 11 is 0. The molecule has 194 valence electrons. The van der Waals surface area contributed by atoms with Crippen LogP contribution in [0.2, 0.25) is 0 Å². The molecule has 2 nitrogen and oxygen atoms in total. The molecule has 0 aliphatic carbocycles. The van der Waals surface area contributed by atoms with Crippen LogP contribution in [0.3, 0.4) is 0 Å². The maximum atomic E-state index is 2.55. The average Bonchev–Trinajstić information content (AvgIpc) is 3.22. The van der Waals surface area contributed by atoms with E-state index in [0.717, 1.165) is 6.54 Å². The third-order valence-electron chi connectivity index (χ3n) is 7.44. The number of imidazole rings is 1. The molecule has 0 amide bonds. The van der Waals surface area contributed by atoms with Gasteiger partial charge in [-0.25, -0.2) is 9.13 Å². The summed E-state index contributed by atoms with van der Waals surface area (Å²) < 4.78 is 5.02. The topological polar surface area (TPSA) is 8.81 Å². The van der Waals surface area contributed by atoms with Gasteiger partial charge in [-0.15, -0.1) is 0 Å². The van der Waals surface area contributed by atoms with E-state index in [1.54, 1.807) is 5.82 Å². The molecule has 1 heterocycles. The molecule has 1 aromatic rings. The van der Waals surface area contributed by atoms with E-state index in [2.05, 4.69) is 42.3 Å². The van der Waals surface area contributed by atoms with E-state index in [9.17, 15) is 0 Å². The smallest absolute Gasteiger partial charge is 0.235 e. The molecule has 0 radical (unpaired) electrons. The van der Waals surface area contributed by atoms with Crippen LogP contribution in [0.15, 0.2) is 12.4 Å². The Morgan fingerprint density at radius 1 is 0.515 bits per heavy atom. The number of unbranched alkanes of at least 4 members (excludes halogenated alkanes) is 20. The molecule has 0 N–H and O–H groups in total. The van der Waals surface area contributed by atoms with Gasteiger partial charge in [-0.05, 0) is 26.2 Å². The second kappa shape index (κ2) is 23.0. The quantitative estimate of drug-likeness (QED) is 0.101. The second-order valence-electron chi connectivity index (χ2n) is 10.5. The van der Waals surface area contributed by atoms with Crippen molar-refractivity contribution >= 4 is 0 Å². The summed E-state index contributed by atoms with van der Waals surface area (Å²) in [7, 11) is 0. The maximum absolute atomic E-state index is 2.55. The fourth-order valence-electron chi connectivity index (χ4n) is 5.17. The monoisotopic (exact) mass is 461 g/mol. The van der Waals surface area contributed by atoms with Gasteiger partial charge in [-0.3, -0.25) is 0 Å². The number of aromatic nitrogens is 2. The average molecular weight is 462 g/mol. The Labute approximate surface area is 208 Å². The van der Waals surface area contributed by atoms with Gasteiger partial charge in [-0.1, -0.05) is 136 Å². The van der Waals surface area contributed by atoms with Crippen LogP contribution >= 0.6 is 0 Å². The molecular weight excluding hydrogens is 400 g/mol. The second-order valence-corrected chi connectivity index (χ2v) is 10.5. The van der Waals surface area contributed by atoms with Crippen LogP contribution < -0.4 is 4.57 Å². The molecule has 0 saturated carbocycles. The highest BCUT2D eigenvalue weighted by Gasteiger charge is 2.15. The molecule has 0 bridgehead atoms. The lowest BCUT2D eigenvalue weighted by molar-refractivity contribution is -0.704. The van der Waals surface area contributed by atoms with Gasteiger partial charge in [0.15, 0.2) is 0 Å². The van der Waals surface area contributed by atoms with Gasteiger partial charge in [0.05, 0.1) is 13.1 Å². The lowest BCUT2D eigenvalue weighted by atomic mass is 10.0. The van der Waals surface area contributed by atoms with Crippen LogP contribution in [0.25, 0.3) is 0 Å². The molecule has 0 aromatic carbocycles. The Morgan fingerprint density at radius 3 is 1.33 bits per heavy atom. The summed E-state index contributed by atoms with van der Waals surface area (Å²) in [6, 6.07) is 0. The third-order valence-corrected chi connectivity index (χ3v) is 7.44. The standard InChI is InChI=1S/C31H61N2/c1-4-7-9-11-12-13-14-15-16-17-18-19-20-21-22-24-26-28-33-30-29-32(6-3)31(33)27-25-23-10-8-5-2/h29-30H,4-28H2,1-3H3/q+1. The first-order valence-corrected chi connectivity index (χ1v) is 15.4. The molecule has 0 aliphatic heterocycles. The molecule has 0 atom stereocenters. The zero-order chi connectivity index (χ0) is 23.8. The van der Waals surface area contributed by atoms with E-state index in [-0.39, 0.29) is 0 Å². The summed E-state index contributed by atoms with van der Waals surface area (Å²) in [4.78, 5) is 0.